The van der Waals surface area contributed by atoms with Gasteiger partial charge < -0.3 is 5.11 Å². The summed E-state index contributed by atoms with van der Waals surface area (Å²) in [6.07, 6.45) is 0. The first-order valence-electron chi connectivity index (χ1n) is 6.15. The maximum Gasteiger partial charge on any atom is 0.336 e. The van der Waals surface area contributed by atoms with E-state index in [9.17, 15) is 18.7 Å². The molecule has 3 rings (SSSR count). The van der Waals surface area contributed by atoms with Crippen molar-refractivity contribution in [2.45, 2.75) is 0 Å². The summed E-state index contributed by atoms with van der Waals surface area (Å²) in [6, 6.07) is 11.8. The highest BCUT2D eigenvalue weighted by Gasteiger charge is 2.16. The van der Waals surface area contributed by atoms with Gasteiger partial charge >= 0.3 is 5.97 Å². The van der Waals surface area contributed by atoms with E-state index in [1.165, 1.54) is 6.07 Å². The summed E-state index contributed by atoms with van der Waals surface area (Å²) in [4.78, 5) is 15.5. The van der Waals surface area contributed by atoms with E-state index in [1.54, 1.807) is 30.3 Å². The highest BCUT2D eigenvalue weighted by molar-refractivity contribution is 6.03. The lowest BCUT2D eigenvalue weighted by atomic mass is 10.0. The monoisotopic (exact) mass is 285 g/mol. The quantitative estimate of drug-likeness (QED) is 0.777. The molecule has 0 radical (unpaired) electrons. The second kappa shape index (κ2) is 4.94. The van der Waals surface area contributed by atoms with Gasteiger partial charge in [-0.25, -0.2) is 18.6 Å². The average molecular weight is 285 g/mol. The van der Waals surface area contributed by atoms with Gasteiger partial charge in [0.1, 0.15) is 11.3 Å². The number of pyridine rings is 1. The fraction of sp³-hybridized carbons (Fsp3) is 0. The first kappa shape index (κ1) is 13.2. The molecule has 0 bridgehead atoms. The van der Waals surface area contributed by atoms with Gasteiger partial charge in [0.25, 0.3) is 0 Å². The van der Waals surface area contributed by atoms with Gasteiger partial charge in [-0.15, -0.1) is 0 Å². The zero-order chi connectivity index (χ0) is 15.0. The average Bonchev–Trinajstić information content (AvgIpc) is 2.47. The SMILES string of the molecule is O=C(O)c1cc(-c2ccccc2)nc2c(F)cc(F)cc12. The third-order valence-electron chi connectivity index (χ3n) is 3.13. The Labute approximate surface area is 118 Å². The molecule has 1 N–H and O–H groups in total. The van der Waals surface area contributed by atoms with E-state index in [1.807, 2.05) is 0 Å². The highest BCUT2D eigenvalue weighted by atomic mass is 19.1. The lowest BCUT2D eigenvalue weighted by Gasteiger charge is -2.08. The Hall–Kier alpha value is -2.82. The van der Waals surface area contributed by atoms with Crippen molar-refractivity contribution in [3.05, 3.63) is 65.7 Å². The van der Waals surface area contributed by atoms with Crippen molar-refractivity contribution in [1.82, 2.24) is 4.98 Å². The molecule has 0 fully saturated rings. The number of benzene rings is 2. The van der Waals surface area contributed by atoms with Crippen LogP contribution in [0.4, 0.5) is 8.78 Å². The lowest BCUT2D eigenvalue weighted by molar-refractivity contribution is 0.0699. The number of carboxylic acids is 1. The Morgan fingerprint density at radius 2 is 1.76 bits per heavy atom. The molecule has 3 aromatic rings. The van der Waals surface area contributed by atoms with Crippen molar-refractivity contribution in [2.75, 3.05) is 0 Å². The Kier molecular flexibility index (Phi) is 3.10. The van der Waals surface area contributed by atoms with E-state index in [2.05, 4.69) is 4.98 Å². The third kappa shape index (κ3) is 2.33. The number of aromatic nitrogens is 1. The number of halogens is 2. The van der Waals surface area contributed by atoms with Crippen LogP contribution in [0.1, 0.15) is 10.4 Å². The largest absolute Gasteiger partial charge is 0.478 e. The molecule has 5 heteroatoms. The Morgan fingerprint density at radius 1 is 1.05 bits per heavy atom. The second-order valence-electron chi connectivity index (χ2n) is 4.51. The van der Waals surface area contributed by atoms with Gasteiger partial charge in [-0.3, -0.25) is 0 Å². The first-order valence-corrected chi connectivity index (χ1v) is 6.15. The van der Waals surface area contributed by atoms with Crippen LogP contribution in [0.15, 0.2) is 48.5 Å². The molecule has 0 saturated heterocycles. The number of nitrogens with zero attached hydrogens (tertiary/aromatic N) is 1. The molecule has 0 amide bonds. The van der Waals surface area contributed by atoms with E-state index in [0.717, 1.165) is 6.07 Å². The summed E-state index contributed by atoms with van der Waals surface area (Å²) in [6.45, 7) is 0. The minimum Gasteiger partial charge on any atom is -0.478 e. The zero-order valence-corrected chi connectivity index (χ0v) is 10.7. The van der Waals surface area contributed by atoms with Crippen LogP contribution in [0.3, 0.4) is 0 Å². The number of aromatic carboxylic acids is 1. The van der Waals surface area contributed by atoms with E-state index in [4.69, 9.17) is 0 Å². The third-order valence-corrected chi connectivity index (χ3v) is 3.13. The molecule has 2 aromatic carbocycles. The minimum atomic E-state index is -1.26. The van der Waals surface area contributed by atoms with E-state index in [0.29, 0.717) is 17.3 Å². The molecule has 0 atom stereocenters. The summed E-state index contributed by atoms with van der Waals surface area (Å²) in [5, 5.41) is 9.21. The molecule has 0 aliphatic rings. The molecule has 3 nitrogen and oxygen atoms in total. The van der Waals surface area contributed by atoms with Gasteiger partial charge in [0.05, 0.1) is 11.3 Å². The smallest absolute Gasteiger partial charge is 0.336 e. The van der Waals surface area contributed by atoms with Gasteiger partial charge in [0.15, 0.2) is 5.82 Å². The maximum atomic E-state index is 13.9. The number of hydrogen-bond donors (Lipinski definition) is 1. The van der Waals surface area contributed by atoms with Crippen molar-refractivity contribution >= 4 is 16.9 Å². The normalized spacial score (nSPS) is 10.8. The number of carbonyl (C=O) groups is 1. The van der Waals surface area contributed by atoms with Crippen LogP contribution in [-0.2, 0) is 0 Å². The topological polar surface area (TPSA) is 50.2 Å². The van der Waals surface area contributed by atoms with E-state index < -0.39 is 17.6 Å². The van der Waals surface area contributed by atoms with Gasteiger partial charge in [0, 0.05) is 17.0 Å². The fourth-order valence-electron chi connectivity index (χ4n) is 2.19. The molecular weight excluding hydrogens is 276 g/mol. The van der Waals surface area contributed by atoms with Gasteiger partial charge in [-0.2, -0.15) is 0 Å². The molecule has 104 valence electrons. The molecule has 0 aliphatic carbocycles. The second-order valence-corrected chi connectivity index (χ2v) is 4.51. The van der Waals surface area contributed by atoms with Crippen molar-refractivity contribution in [1.29, 1.82) is 0 Å². The number of fused-ring (bicyclic) bond motifs is 1. The van der Waals surface area contributed by atoms with Crippen LogP contribution in [0.5, 0.6) is 0 Å². The standard InChI is InChI=1S/C16H9F2NO2/c17-10-6-11-12(16(20)21)8-14(9-4-2-1-3-5-9)19-15(11)13(18)7-10/h1-8H,(H,20,21). The van der Waals surface area contributed by atoms with Crippen LogP contribution in [0.2, 0.25) is 0 Å². The molecule has 0 unspecified atom stereocenters. The summed E-state index contributed by atoms with van der Waals surface area (Å²) in [7, 11) is 0. The molecule has 0 saturated carbocycles. The first-order chi connectivity index (χ1) is 10.1. The van der Waals surface area contributed by atoms with Crippen LogP contribution in [0, 0.1) is 11.6 Å². The van der Waals surface area contributed by atoms with Crippen molar-refractivity contribution in [3.8, 4) is 11.3 Å². The molecule has 1 aromatic heterocycles. The maximum absolute atomic E-state index is 13.9. The Bertz CT molecular complexity index is 848. The predicted molar refractivity (Wildman–Crippen MR) is 74.1 cm³/mol. The summed E-state index contributed by atoms with van der Waals surface area (Å²) < 4.78 is 27.2. The molecule has 0 aliphatic heterocycles. The number of hydrogen-bond acceptors (Lipinski definition) is 2. The summed E-state index contributed by atoms with van der Waals surface area (Å²) >= 11 is 0. The molecular formula is C16H9F2NO2. The van der Waals surface area contributed by atoms with Crippen LogP contribution < -0.4 is 0 Å². The van der Waals surface area contributed by atoms with Crippen molar-refractivity contribution in [2.24, 2.45) is 0 Å². The predicted octanol–water partition coefficient (Wildman–Crippen LogP) is 3.88. The van der Waals surface area contributed by atoms with Crippen molar-refractivity contribution < 1.29 is 18.7 Å². The van der Waals surface area contributed by atoms with Gasteiger partial charge in [-0.1, -0.05) is 30.3 Å². The highest BCUT2D eigenvalue weighted by Crippen LogP contribution is 2.27. The van der Waals surface area contributed by atoms with Gasteiger partial charge in [0.2, 0.25) is 0 Å². The summed E-state index contributed by atoms with van der Waals surface area (Å²) in [5.41, 5.74) is 0.643. The minimum absolute atomic E-state index is 0.0559. The number of rotatable bonds is 2. The molecule has 21 heavy (non-hydrogen) atoms. The van der Waals surface area contributed by atoms with Crippen LogP contribution in [0.25, 0.3) is 22.2 Å². The fourth-order valence-corrected chi connectivity index (χ4v) is 2.19. The Morgan fingerprint density at radius 3 is 2.43 bits per heavy atom. The van der Waals surface area contributed by atoms with Gasteiger partial charge in [-0.05, 0) is 12.1 Å². The van der Waals surface area contributed by atoms with Crippen LogP contribution in [-0.4, -0.2) is 16.1 Å². The van der Waals surface area contributed by atoms with E-state index in [-0.39, 0.29) is 16.5 Å². The van der Waals surface area contributed by atoms with Crippen LogP contribution >= 0.6 is 0 Å². The van der Waals surface area contributed by atoms with Crippen molar-refractivity contribution in [3.63, 3.8) is 0 Å². The zero-order valence-electron chi connectivity index (χ0n) is 10.7. The number of carboxylic acid groups (broad SMARTS) is 1. The lowest BCUT2D eigenvalue weighted by Crippen LogP contribution is -2.02. The molecule has 0 spiro atoms. The molecule has 1 heterocycles. The Balaban J connectivity index is 2.38. The summed E-state index contributed by atoms with van der Waals surface area (Å²) in [5.74, 6) is -2.98. The van der Waals surface area contributed by atoms with E-state index >= 15 is 0 Å².